The zero-order valence-corrected chi connectivity index (χ0v) is 13.2. The van der Waals surface area contributed by atoms with Crippen LogP contribution in [0, 0.1) is 5.92 Å². The normalized spacial score (nSPS) is 26.7. The number of piperidine rings is 1. The zero-order chi connectivity index (χ0) is 15.0. The highest BCUT2D eigenvalue weighted by Gasteiger charge is 2.28. The summed E-state index contributed by atoms with van der Waals surface area (Å²) in [5, 5.41) is 4.67. The quantitative estimate of drug-likeness (QED) is 0.927. The summed E-state index contributed by atoms with van der Waals surface area (Å²) in [6.07, 6.45) is 7.05. The molecule has 3 rings (SSSR count). The molecule has 1 saturated heterocycles. The van der Waals surface area contributed by atoms with E-state index in [1.54, 1.807) is 10.9 Å². The second-order valence-electron chi connectivity index (χ2n) is 6.45. The Morgan fingerprint density at radius 3 is 2.81 bits per heavy atom. The Kier molecular flexibility index (Phi) is 4.22. The van der Waals surface area contributed by atoms with Crippen molar-refractivity contribution < 1.29 is 0 Å². The summed E-state index contributed by atoms with van der Waals surface area (Å²) in [6.45, 7) is 3.60. The third-order valence-corrected chi connectivity index (χ3v) is 5.11. The topological polar surface area (TPSA) is 64.2 Å². The first kappa shape index (κ1) is 14.9. The van der Waals surface area contributed by atoms with Crippen molar-refractivity contribution in [2.24, 2.45) is 11.7 Å². The van der Waals surface area contributed by atoms with E-state index in [0.29, 0.717) is 23.2 Å². The first-order valence-electron chi connectivity index (χ1n) is 7.84. The molecule has 2 fully saturated rings. The molecule has 21 heavy (non-hydrogen) atoms. The molecule has 2 atom stereocenters. The lowest BCUT2D eigenvalue weighted by Gasteiger charge is -2.38. The third kappa shape index (κ3) is 2.94. The maximum Gasteiger partial charge on any atom is 0.291 e. The number of nitrogens with two attached hydrogens (primary N) is 1. The second kappa shape index (κ2) is 5.97. The van der Waals surface area contributed by atoms with Gasteiger partial charge in [-0.15, -0.1) is 0 Å². The van der Waals surface area contributed by atoms with Crippen LogP contribution >= 0.6 is 11.6 Å². The molecular formula is C15H23ClN4O. The molecule has 5 nitrogen and oxygen atoms in total. The Morgan fingerprint density at radius 1 is 1.43 bits per heavy atom. The number of rotatable bonds is 3. The van der Waals surface area contributed by atoms with Gasteiger partial charge in [0.1, 0.15) is 5.69 Å². The van der Waals surface area contributed by atoms with E-state index >= 15 is 0 Å². The van der Waals surface area contributed by atoms with Crippen LogP contribution in [0.3, 0.4) is 0 Å². The van der Waals surface area contributed by atoms with Gasteiger partial charge < -0.3 is 10.6 Å². The molecule has 1 aliphatic heterocycles. The minimum atomic E-state index is -0.0586. The molecule has 0 aromatic carbocycles. The van der Waals surface area contributed by atoms with Crippen molar-refractivity contribution in [3.63, 3.8) is 0 Å². The van der Waals surface area contributed by atoms with Crippen LogP contribution in [0.15, 0.2) is 11.0 Å². The molecule has 116 valence electrons. The Balaban J connectivity index is 1.89. The molecule has 1 aliphatic carbocycles. The van der Waals surface area contributed by atoms with Gasteiger partial charge in [0.25, 0.3) is 5.56 Å². The summed E-state index contributed by atoms with van der Waals surface area (Å²) in [5.74, 6) is 0.594. The van der Waals surface area contributed by atoms with E-state index in [4.69, 9.17) is 17.3 Å². The van der Waals surface area contributed by atoms with Crippen LogP contribution in [0.5, 0.6) is 0 Å². The first-order chi connectivity index (χ1) is 10.1. The minimum absolute atomic E-state index is 0.0586. The van der Waals surface area contributed by atoms with Gasteiger partial charge in [0.2, 0.25) is 0 Å². The fraction of sp³-hybridized carbons (Fsp3) is 0.733. The lowest BCUT2D eigenvalue weighted by Crippen LogP contribution is -2.48. The van der Waals surface area contributed by atoms with Gasteiger partial charge in [0.05, 0.1) is 11.2 Å². The average molecular weight is 311 g/mol. The number of nitrogens with zero attached hydrogens (tertiary/aromatic N) is 3. The molecule has 0 bridgehead atoms. The van der Waals surface area contributed by atoms with E-state index in [0.717, 1.165) is 19.4 Å². The van der Waals surface area contributed by atoms with Crippen molar-refractivity contribution in [1.29, 1.82) is 0 Å². The largest absolute Gasteiger partial charge is 0.363 e. The highest BCUT2D eigenvalue weighted by atomic mass is 35.5. The lowest BCUT2D eigenvalue weighted by atomic mass is 9.85. The van der Waals surface area contributed by atoms with Crippen LogP contribution in [0.1, 0.15) is 39.0 Å². The predicted octanol–water partition coefficient (Wildman–Crippen LogP) is 2.01. The number of aromatic nitrogens is 2. The fourth-order valence-corrected chi connectivity index (χ4v) is 3.54. The van der Waals surface area contributed by atoms with E-state index in [9.17, 15) is 4.79 Å². The monoisotopic (exact) mass is 310 g/mol. The van der Waals surface area contributed by atoms with E-state index in [1.807, 2.05) is 0 Å². The molecule has 0 amide bonds. The molecule has 2 heterocycles. The first-order valence-corrected chi connectivity index (χ1v) is 8.22. The van der Waals surface area contributed by atoms with E-state index < -0.39 is 0 Å². The second-order valence-corrected chi connectivity index (χ2v) is 6.86. The summed E-state index contributed by atoms with van der Waals surface area (Å²) < 4.78 is 1.59. The standard InChI is InChI=1S/C15H23ClN4O/c1-10-7-12(17)5-6-19(10)14-13(16)8-18-20(15(14)21)9-11-3-2-4-11/h8,10-12H,2-7,9,17H2,1H3. The molecule has 6 heteroatoms. The summed E-state index contributed by atoms with van der Waals surface area (Å²) in [5.41, 5.74) is 6.55. The number of hydrogen-bond donors (Lipinski definition) is 1. The third-order valence-electron chi connectivity index (χ3n) is 4.83. The highest BCUT2D eigenvalue weighted by Crippen LogP contribution is 2.29. The van der Waals surface area contributed by atoms with Crippen molar-refractivity contribution in [3.8, 4) is 0 Å². The van der Waals surface area contributed by atoms with Crippen molar-refractivity contribution >= 4 is 17.3 Å². The SMILES string of the molecule is CC1CC(N)CCN1c1c(Cl)cnn(CC2CCC2)c1=O. The van der Waals surface area contributed by atoms with Crippen molar-refractivity contribution in [2.75, 3.05) is 11.4 Å². The van der Waals surface area contributed by atoms with Gasteiger partial charge >= 0.3 is 0 Å². The molecule has 1 aromatic rings. The minimum Gasteiger partial charge on any atom is -0.363 e. The van der Waals surface area contributed by atoms with Crippen LogP contribution in [0.4, 0.5) is 5.69 Å². The summed E-state index contributed by atoms with van der Waals surface area (Å²) in [6, 6.07) is 0.451. The molecule has 0 spiro atoms. The van der Waals surface area contributed by atoms with Gasteiger partial charge in [-0.3, -0.25) is 4.79 Å². The fourth-order valence-electron chi connectivity index (χ4n) is 3.31. The van der Waals surface area contributed by atoms with Crippen LogP contribution in [0.25, 0.3) is 0 Å². The molecule has 1 aromatic heterocycles. The van der Waals surface area contributed by atoms with Gasteiger partial charge in [0.15, 0.2) is 0 Å². The van der Waals surface area contributed by atoms with Crippen LogP contribution in [-0.4, -0.2) is 28.4 Å². The molecular weight excluding hydrogens is 288 g/mol. The molecule has 0 radical (unpaired) electrons. The molecule has 2 unspecified atom stereocenters. The zero-order valence-electron chi connectivity index (χ0n) is 12.5. The molecule has 2 aliphatic rings. The van der Waals surface area contributed by atoms with Crippen molar-refractivity contribution in [1.82, 2.24) is 9.78 Å². The molecule has 1 saturated carbocycles. The summed E-state index contributed by atoms with van der Waals surface area (Å²) in [7, 11) is 0. The highest BCUT2D eigenvalue weighted by molar-refractivity contribution is 6.33. The number of halogens is 1. The predicted molar refractivity (Wildman–Crippen MR) is 84.9 cm³/mol. The van der Waals surface area contributed by atoms with E-state index in [1.165, 1.54) is 19.3 Å². The van der Waals surface area contributed by atoms with Gasteiger partial charge in [-0.05, 0) is 38.5 Å². The summed E-state index contributed by atoms with van der Waals surface area (Å²) >= 11 is 6.27. The van der Waals surface area contributed by atoms with Gasteiger partial charge in [-0.25, -0.2) is 4.68 Å². The van der Waals surface area contributed by atoms with Crippen LogP contribution < -0.4 is 16.2 Å². The Morgan fingerprint density at radius 2 is 2.19 bits per heavy atom. The Labute approximate surface area is 130 Å². The number of hydrogen-bond acceptors (Lipinski definition) is 4. The smallest absolute Gasteiger partial charge is 0.291 e. The van der Waals surface area contributed by atoms with Gasteiger partial charge in [-0.1, -0.05) is 18.0 Å². The van der Waals surface area contributed by atoms with Gasteiger partial charge in [-0.2, -0.15) is 5.10 Å². The maximum absolute atomic E-state index is 12.7. The Hall–Kier alpha value is -1.07. The van der Waals surface area contributed by atoms with E-state index in [2.05, 4.69) is 16.9 Å². The van der Waals surface area contributed by atoms with E-state index in [-0.39, 0.29) is 17.6 Å². The van der Waals surface area contributed by atoms with Gasteiger partial charge in [0, 0.05) is 25.2 Å². The average Bonchev–Trinajstić information content (AvgIpc) is 2.38. The van der Waals surface area contributed by atoms with Crippen LogP contribution in [-0.2, 0) is 6.54 Å². The van der Waals surface area contributed by atoms with Crippen molar-refractivity contribution in [2.45, 2.75) is 57.7 Å². The molecule has 2 N–H and O–H groups in total. The number of anilines is 1. The van der Waals surface area contributed by atoms with Crippen LogP contribution in [0.2, 0.25) is 5.02 Å². The Bertz CT molecular complexity index is 569. The van der Waals surface area contributed by atoms with Crippen molar-refractivity contribution in [3.05, 3.63) is 21.6 Å². The lowest BCUT2D eigenvalue weighted by molar-refractivity contribution is 0.261. The maximum atomic E-state index is 12.7. The summed E-state index contributed by atoms with van der Waals surface area (Å²) in [4.78, 5) is 14.8.